The molecular formula is C10H14N4O2. The lowest BCUT2D eigenvalue weighted by molar-refractivity contribution is 0.167. The average molecular weight is 222 g/mol. The van der Waals surface area contributed by atoms with Gasteiger partial charge in [-0.1, -0.05) is 0 Å². The summed E-state index contributed by atoms with van der Waals surface area (Å²) in [6.45, 7) is 0. The lowest BCUT2D eigenvalue weighted by Crippen LogP contribution is -2.12. The second kappa shape index (κ2) is 3.80. The molecule has 2 rings (SSSR count). The molecule has 0 spiro atoms. The molecule has 1 heterocycles. The molecule has 16 heavy (non-hydrogen) atoms. The zero-order valence-corrected chi connectivity index (χ0v) is 9.40. The van der Waals surface area contributed by atoms with Crippen molar-refractivity contribution in [2.75, 3.05) is 31.8 Å². The third kappa shape index (κ3) is 1.39. The molecule has 0 atom stereocenters. The number of benzene rings is 1. The number of fused-ring (bicyclic) bond motifs is 1. The Labute approximate surface area is 92.2 Å². The van der Waals surface area contributed by atoms with Crippen LogP contribution in [0.5, 0.6) is 0 Å². The van der Waals surface area contributed by atoms with Crippen LogP contribution in [-0.4, -0.2) is 31.1 Å². The summed E-state index contributed by atoms with van der Waals surface area (Å²) in [6, 6.07) is 3.68. The molecule has 0 bridgehead atoms. The van der Waals surface area contributed by atoms with E-state index in [1.54, 1.807) is 20.2 Å². The maximum atomic E-state index is 9.83. The summed E-state index contributed by atoms with van der Waals surface area (Å²) in [5.41, 5.74) is 2.97. The standard InChI is InChI=1S/C10H14N4O2/c1-11-6-4-7(12-2)9-8(5-6)16-10(13-3)14(9)15/h4-5,11-12,15H,1-3H3. The van der Waals surface area contributed by atoms with Gasteiger partial charge >= 0.3 is 5.68 Å². The fourth-order valence-corrected chi connectivity index (χ4v) is 1.62. The van der Waals surface area contributed by atoms with Crippen molar-refractivity contribution in [2.24, 2.45) is 4.99 Å². The van der Waals surface area contributed by atoms with Crippen LogP contribution in [0, 0.1) is 0 Å². The van der Waals surface area contributed by atoms with E-state index in [1.807, 2.05) is 13.1 Å². The monoisotopic (exact) mass is 222 g/mol. The van der Waals surface area contributed by atoms with Crippen molar-refractivity contribution >= 4 is 22.5 Å². The first-order valence-corrected chi connectivity index (χ1v) is 4.88. The number of nitrogens with one attached hydrogen (secondary N) is 2. The molecule has 0 aliphatic carbocycles. The Morgan fingerprint density at radius 2 is 2.06 bits per heavy atom. The summed E-state index contributed by atoms with van der Waals surface area (Å²) in [4.78, 5) is 3.84. The molecule has 86 valence electrons. The Morgan fingerprint density at radius 3 is 2.62 bits per heavy atom. The SMILES string of the molecule is CN=c1oc2cc(NC)cc(NC)c2n1O. The van der Waals surface area contributed by atoms with Gasteiger partial charge < -0.3 is 20.3 Å². The summed E-state index contributed by atoms with van der Waals surface area (Å²) in [7, 11) is 5.16. The first-order valence-electron chi connectivity index (χ1n) is 4.88. The topological polar surface area (TPSA) is 74.7 Å². The molecule has 0 amide bonds. The number of hydrogen-bond acceptors (Lipinski definition) is 5. The Morgan fingerprint density at radius 1 is 1.31 bits per heavy atom. The van der Waals surface area contributed by atoms with Crippen molar-refractivity contribution in [3.63, 3.8) is 0 Å². The van der Waals surface area contributed by atoms with Crippen LogP contribution in [0.3, 0.4) is 0 Å². The van der Waals surface area contributed by atoms with Crippen molar-refractivity contribution in [2.45, 2.75) is 0 Å². The maximum absolute atomic E-state index is 9.83. The smallest absolute Gasteiger partial charge is 0.331 e. The number of nitrogens with zero attached hydrogens (tertiary/aromatic N) is 2. The normalized spacial score (nSPS) is 12.1. The van der Waals surface area contributed by atoms with Crippen LogP contribution in [0.4, 0.5) is 11.4 Å². The minimum Gasteiger partial charge on any atom is -0.423 e. The highest BCUT2D eigenvalue weighted by molar-refractivity contribution is 5.90. The molecule has 0 aliphatic rings. The fraction of sp³-hybridized carbons (Fsp3) is 0.300. The highest BCUT2D eigenvalue weighted by Gasteiger charge is 2.12. The van der Waals surface area contributed by atoms with Gasteiger partial charge in [-0.3, -0.25) is 0 Å². The van der Waals surface area contributed by atoms with Crippen molar-refractivity contribution in [3.8, 4) is 0 Å². The van der Waals surface area contributed by atoms with Gasteiger partial charge in [0.05, 0.1) is 5.69 Å². The van der Waals surface area contributed by atoms with Gasteiger partial charge in [0.15, 0.2) is 11.1 Å². The summed E-state index contributed by atoms with van der Waals surface area (Å²) in [5, 5.41) is 15.9. The summed E-state index contributed by atoms with van der Waals surface area (Å²) in [6.07, 6.45) is 0. The Kier molecular flexibility index (Phi) is 2.47. The van der Waals surface area contributed by atoms with Crippen molar-refractivity contribution in [3.05, 3.63) is 17.8 Å². The van der Waals surface area contributed by atoms with Crippen molar-refractivity contribution in [1.82, 2.24) is 4.73 Å². The summed E-state index contributed by atoms with van der Waals surface area (Å²) < 4.78 is 6.33. The number of anilines is 2. The van der Waals surface area contributed by atoms with E-state index in [0.717, 1.165) is 16.1 Å². The first-order chi connectivity index (χ1) is 7.71. The summed E-state index contributed by atoms with van der Waals surface area (Å²) in [5.74, 6) is 0. The second-order valence-corrected chi connectivity index (χ2v) is 3.29. The van der Waals surface area contributed by atoms with Crippen LogP contribution in [0.2, 0.25) is 0 Å². The van der Waals surface area contributed by atoms with E-state index >= 15 is 0 Å². The zero-order chi connectivity index (χ0) is 11.7. The van der Waals surface area contributed by atoms with Crippen molar-refractivity contribution < 1.29 is 9.62 Å². The molecule has 0 unspecified atom stereocenters. The van der Waals surface area contributed by atoms with E-state index < -0.39 is 0 Å². The van der Waals surface area contributed by atoms with Gasteiger partial charge in [0.25, 0.3) is 0 Å². The van der Waals surface area contributed by atoms with Crippen LogP contribution in [0.1, 0.15) is 0 Å². The number of aromatic nitrogens is 1. The van der Waals surface area contributed by atoms with Gasteiger partial charge in [0.1, 0.15) is 0 Å². The van der Waals surface area contributed by atoms with Crippen LogP contribution in [-0.2, 0) is 0 Å². The molecule has 0 saturated heterocycles. The second-order valence-electron chi connectivity index (χ2n) is 3.29. The zero-order valence-electron chi connectivity index (χ0n) is 9.40. The molecule has 1 aromatic carbocycles. The Balaban J connectivity index is 2.87. The Hall–Kier alpha value is -2.11. The molecule has 6 heteroatoms. The number of oxazole rings is 1. The first kappa shape index (κ1) is 10.4. The van der Waals surface area contributed by atoms with E-state index in [2.05, 4.69) is 15.6 Å². The lowest BCUT2D eigenvalue weighted by atomic mass is 10.2. The minimum absolute atomic E-state index is 0.166. The third-order valence-electron chi connectivity index (χ3n) is 2.42. The number of hydrogen-bond donors (Lipinski definition) is 3. The van der Waals surface area contributed by atoms with E-state index in [1.165, 1.54) is 0 Å². The fourth-order valence-electron chi connectivity index (χ4n) is 1.62. The highest BCUT2D eigenvalue weighted by Crippen LogP contribution is 2.26. The van der Waals surface area contributed by atoms with Crippen LogP contribution >= 0.6 is 0 Å². The molecule has 1 aromatic heterocycles. The highest BCUT2D eigenvalue weighted by atomic mass is 16.5. The van der Waals surface area contributed by atoms with Gasteiger partial charge in [-0.05, 0) is 6.07 Å². The van der Waals surface area contributed by atoms with Gasteiger partial charge in [0, 0.05) is 32.9 Å². The Bertz CT molecular complexity index is 582. The van der Waals surface area contributed by atoms with E-state index in [4.69, 9.17) is 4.42 Å². The molecule has 0 saturated carbocycles. The molecule has 2 aromatic rings. The predicted octanol–water partition coefficient (Wildman–Crippen LogP) is 1.09. The van der Waals surface area contributed by atoms with E-state index in [9.17, 15) is 5.21 Å². The number of rotatable bonds is 2. The van der Waals surface area contributed by atoms with E-state index in [-0.39, 0.29) is 5.68 Å². The van der Waals surface area contributed by atoms with Crippen LogP contribution in [0.15, 0.2) is 21.5 Å². The molecular weight excluding hydrogens is 208 g/mol. The van der Waals surface area contributed by atoms with Crippen molar-refractivity contribution in [1.29, 1.82) is 0 Å². The van der Waals surface area contributed by atoms with Gasteiger partial charge in [-0.2, -0.15) is 0 Å². The van der Waals surface area contributed by atoms with Crippen LogP contribution < -0.4 is 16.3 Å². The molecule has 0 aliphatic heterocycles. The predicted molar refractivity (Wildman–Crippen MR) is 62.0 cm³/mol. The quantitative estimate of drug-likeness (QED) is 0.665. The van der Waals surface area contributed by atoms with E-state index in [0.29, 0.717) is 11.1 Å². The summed E-state index contributed by atoms with van der Waals surface area (Å²) >= 11 is 0. The molecule has 6 nitrogen and oxygen atoms in total. The third-order valence-corrected chi connectivity index (χ3v) is 2.42. The molecule has 0 fully saturated rings. The van der Waals surface area contributed by atoms with Gasteiger partial charge in [-0.25, -0.2) is 4.99 Å². The molecule has 0 radical (unpaired) electrons. The van der Waals surface area contributed by atoms with Gasteiger partial charge in [0.2, 0.25) is 0 Å². The molecule has 3 N–H and O–H groups in total. The van der Waals surface area contributed by atoms with Crippen LogP contribution in [0.25, 0.3) is 11.1 Å². The largest absolute Gasteiger partial charge is 0.423 e. The van der Waals surface area contributed by atoms with Gasteiger partial charge in [-0.15, -0.1) is 4.73 Å². The lowest BCUT2D eigenvalue weighted by Gasteiger charge is -2.05. The average Bonchev–Trinajstić information content (AvgIpc) is 2.65. The maximum Gasteiger partial charge on any atom is 0.331 e. The minimum atomic E-state index is 0.166.